The molecule has 0 amide bonds. The molecule has 2 aromatic carbocycles. The Morgan fingerprint density at radius 1 is 1.10 bits per heavy atom. The maximum Gasteiger partial charge on any atom is 0.130 e. The average molecular weight is 460 g/mol. The first kappa shape index (κ1) is 26.8. The van der Waals surface area contributed by atoms with Gasteiger partial charge in [0, 0.05) is 23.1 Å². The highest BCUT2D eigenvalue weighted by molar-refractivity contribution is 9.10. The summed E-state index contributed by atoms with van der Waals surface area (Å²) in [5.41, 5.74) is 6.30. The molecular weight excluding hydrogens is 426 g/mol. The molecule has 0 unspecified atom stereocenters. The Morgan fingerprint density at radius 3 is 2.21 bits per heavy atom. The second kappa shape index (κ2) is 15.7. The van der Waals surface area contributed by atoms with Crippen LogP contribution in [0.4, 0.5) is 5.69 Å². The molecule has 29 heavy (non-hydrogen) atoms. The normalized spacial score (nSPS) is 9.41. The van der Waals surface area contributed by atoms with Gasteiger partial charge in [0.1, 0.15) is 12.6 Å². The van der Waals surface area contributed by atoms with E-state index in [0.29, 0.717) is 6.42 Å². The van der Waals surface area contributed by atoms with Crippen LogP contribution in [0.25, 0.3) is 0 Å². The lowest BCUT2D eigenvalue weighted by molar-refractivity contribution is -0.117. The maximum atomic E-state index is 11.2. The molecule has 0 fully saturated rings. The second-order valence-electron chi connectivity index (χ2n) is 6.78. The summed E-state index contributed by atoms with van der Waals surface area (Å²) in [6.45, 7) is 14.4. The third-order valence-corrected chi connectivity index (χ3v) is 4.99. The number of hydrogen-bond acceptors (Lipinski definition) is 3. The highest BCUT2D eigenvalue weighted by Crippen LogP contribution is 2.21. The standard InChI is InChI=1S/C20H24BrNO.C4H8.CH2O/c1-14-12-20(13-18(16(14)3)7-4-15(2)23)22-11-10-17-5-8-19(21)9-6-17;1-3-4-2;1-2/h5-6,8-9,12-13,22H,4,7,10-11H2,1-3H3;3H,1,4H2,2H3;1H2. The molecule has 2 rings (SSSR count). The van der Waals surface area contributed by atoms with Crippen LogP contribution in [0.1, 0.15) is 48.9 Å². The highest BCUT2D eigenvalue weighted by atomic mass is 79.9. The van der Waals surface area contributed by atoms with Crippen LogP contribution in [0.2, 0.25) is 0 Å². The molecule has 0 atom stereocenters. The molecule has 0 heterocycles. The number of carbonyl (C=O) groups is 2. The maximum absolute atomic E-state index is 11.2. The number of Topliss-reactive ketones (excluding diaryl/α,β-unsaturated/α-hetero) is 1. The van der Waals surface area contributed by atoms with Gasteiger partial charge in [0.15, 0.2) is 0 Å². The number of allylic oxidation sites excluding steroid dienone is 1. The number of aryl methyl sites for hydroxylation is 2. The van der Waals surface area contributed by atoms with E-state index in [9.17, 15) is 4.79 Å². The minimum absolute atomic E-state index is 0.246. The van der Waals surface area contributed by atoms with E-state index in [0.717, 1.165) is 36.0 Å². The van der Waals surface area contributed by atoms with E-state index in [1.165, 1.54) is 22.3 Å². The predicted octanol–water partition coefficient (Wildman–Crippen LogP) is 6.64. The van der Waals surface area contributed by atoms with Crippen molar-refractivity contribution in [2.75, 3.05) is 11.9 Å². The molecule has 0 aliphatic heterocycles. The second-order valence-corrected chi connectivity index (χ2v) is 7.70. The van der Waals surface area contributed by atoms with Crippen molar-refractivity contribution < 1.29 is 9.59 Å². The van der Waals surface area contributed by atoms with Crippen LogP contribution in [0.5, 0.6) is 0 Å². The number of anilines is 1. The topological polar surface area (TPSA) is 46.2 Å². The van der Waals surface area contributed by atoms with Crippen LogP contribution in [0, 0.1) is 13.8 Å². The molecule has 4 heteroatoms. The van der Waals surface area contributed by atoms with Gasteiger partial charge in [0.25, 0.3) is 0 Å². The van der Waals surface area contributed by atoms with Crippen molar-refractivity contribution in [3.8, 4) is 0 Å². The molecule has 0 aliphatic carbocycles. The van der Waals surface area contributed by atoms with Crippen molar-refractivity contribution >= 4 is 34.2 Å². The molecule has 0 aliphatic rings. The Kier molecular flexibility index (Phi) is 14.5. The number of hydrogen-bond donors (Lipinski definition) is 1. The SMILES string of the molecule is C=CCC.C=O.CC(=O)CCc1cc(NCCc2ccc(Br)cc2)cc(C)c1C. The van der Waals surface area contributed by atoms with Crippen molar-refractivity contribution in [3.63, 3.8) is 0 Å². The first-order chi connectivity index (χ1) is 13.9. The third-order valence-electron chi connectivity index (χ3n) is 4.47. The van der Waals surface area contributed by atoms with Crippen molar-refractivity contribution in [3.05, 3.63) is 75.8 Å². The summed E-state index contributed by atoms with van der Waals surface area (Å²) >= 11 is 3.46. The molecule has 1 N–H and O–H groups in total. The molecular formula is C25H34BrNO2. The van der Waals surface area contributed by atoms with E-state index in [2.05, 4.69) is 85.0 Å². The monoisotopic (exact) mass is 459 g/mol. The van der Waals surface area contributed by atoms with Gasteiger partial charge in [-0.3, -0.25) is 0 Å². The number of nitrogens with one attached hydrogen (secondary N) is 1. The van der Waals surface area contributed by atoms with E-state index >= 15 is 0 Å². The van der Waals surface area contributed by atoms with Crippen molar-refractivity contribution in [1.82, 2.24) is 0 Å². The molecule has 2 aromatic rings. The number of ketones is 1. The first-order valence-corrected chi connectivity index (χ1v) is 10.6. The van der Waals surface area contributed by atoms with Crippen LogP contribution in [-0.2, 0) is 22.4 Å². The van der Waals surface area contributed by atoms with Crippen LogP contribution in [-0.4, -0.2) is 19.1 Å². The van der Waals surface area contributed by atoms with Gasteiger partial charge >= 0.3 is 0 Å². The van der Waals surface area contributed by atoms with E-state index in [4.69, 9.17) is 4.79 Å². The van der Waals surface area contributed by atoms with Crippen LogP contribution >= 0.6 is 15.9 Å². The van der Waals surface area contributed by atoms with E-state index in [1.807, 2.05) is 12.9 Å². The Morgan fingerprint density at radius 2 is 1.69 bits per heavy atom. The summed E-state index contributed by atoms with van der Waals surface area (Å²) in [5, 5.41) is 3.51. The molecule has 0 aromatic heterocycles. The molecule has 3 nitrogen and oxygen atoms in total. The van der Waals surface area contributed by atoms with Crippen LogP contribution < -0.4 is 5.32 Å². The Bertz CT molecular complexity index is 754. The third kappa shape index (κ3) is 11.4. The molecule has 0 radical (unpaired) electrons. The minimum atomic E-state index is 0.246. The molecule has 158 valence electrons. The van der Waals surface area contributed by atoms with E-state index in [-0.39, 0.29) is 5.78 Å². The first-order valence-electron chi connectivity index (χ1n) is 9.85. The van der Waals surface area contributed by atoms with Gasteiger partial charge in [-0.25, -0.2) is 0 Å². The number of benzene rings is 2. The van der Waals surface area contributed by atoms with Gasteiger partial charge in [-0.15, -0.1) is 6.58 Å². The molecule has 0 saturated heterocycles. The van der Waals surface area contributed by atoms with Gasteiger partial charge in [0.05, 0.1) is 0 Å². The zero-order valence-electron chi connectivity index (χ0n) is 18.2. The lowest BCUT2D eigenvalue weighted by Crippen LogP contribution is -2.06. The van der Waals surface area contributed by atoms with Gasteiger partial charge in [-0.2, -0.15) is 0 Å². The zero-order chi connectivity index (χ0) is 22.2. The van der Waals surface area contributed by atoms with Crippen molar-refractivity contribution in [2.45, 2.75) is 53.4 Å². The predicted molar refractivity (Wildman–Crippen MR) is 129 cm³/mol. The summed E-state index contributed by atoms with van der Waals surface area (Å²) < 4.78 is 1.11. The number of rotatable bonds is 8. The van der Waals surface area contributed by atoms with Crippen molar-refractivity contribution in [1.29, 1.82) is 0 Å². The largest absolute Gasteiger partial charge is 0.385 e. The summed E-state index contributed by atoms with van der Waals surface area (Å²) in [5.74, 6) is 0.246. The summed E-state index contributed by atoms with van der Waals surface area (Å²) in [4.78, 5) is 19.2. The summed E-state index contributed by atoms with van der Waals surface area (Å²) in [6, 6.07) is 12.8. The summed E-state index contributed by atoms with van der Waals surface area (Å²) in [6.07, 6.45) is 5.38. The lowest BCUT2D eigenvalue weighted by atomic mass is 9.97. The Hall–Kier alpha value is -2.20. The van der Waals surface area contributed by atoms with Crippen LogP contribution in [0.3, 0.4) is 0 Å². The smallest absolute Gasteiger partial charge is 0.130 e. The summed E-state index contributed by atoms with van der Waals surface area (Å²) in [7, 11) is 0. The van der Waals surface area contributed by atoms with Crippen LogP contribution in [0.15, 0.2) is 53.5 Å². The quantitative estimate of drug-likeness (QED) is 0.449. The molecule has 0 saturated carbocycles. The van der Waals surface area contributed by atoms with E-state index < -0.39 is 0 Å². The fourth-order valence-electron chi connectivity index (χ4n) is 2.61. The average Bonchev–Trinajstić information content (AvgIpc) is 2.72. The molecule has 0 spiro atoms. The van der Waals surface area contributed by atoms with Gasteiger partial charge < -0.3 is 14.9 Å². The zero-order valence-corrected chi connectivity index (χ0v) is 19.8. The minimum Gasteiger partial charge on any atom is -0.385 e. The fraction of sp³-hybridized carbons (Fsp3) is 0.360. The van der Waals surface area contributed by atoms with Gasteiger partial charge in [-0.05, 0) is 86.6 Å². The fourth-order valence-corrected chi connectivity index (χ4v) is 2.87. The van der Waals surface area contributed by atoms with Crippen molar-refractivity contribution in [2.24, 2.45) is 0 Å². The lowest BCUT2D eigenvalue weighted by Gasteiger charge is -2.13. The van der Waals surface area contributed by atoms with E-state index in [1.54, 1.807) is 6.92 Å². The Labute approximate surface area is 184 Å². The van der Waals surface area contributed by atoms with Gasteiger partial charge in [-0.1, -0.05) is 41.1 Å². The Balaban J connectivity index is 0.00000116. The number of halogens is 1. The molecule has 0 bridgehead atoms. The number of carbonyl (C=O) groups excluding carboxylic acids is 2. The van der Waals surface area contributed by atoms with Gasteiger partial charge in [0.2, 0.25) is 0 Å². The highest BCUT2D eigenvalue weighted by Gasteiger charge is 2.06.